The molecule has 1 N–H and O–H groups in total. The number of urea groups is 1. The van der Waals surface area contributed by atoms with Crippen LogP contribution in [0.15, 0.2) is 65.1 Å². The molecule has 0 aliphatic rings. The molecule has 0 saturated heterocycles. The van der Waals surface area contributed by atoms with Gasteiger partial charge < -0.3 is 19.5 Å². The van der Waals surface area contributed by atoms with Crippen LogP contribution in [0.3, 0.4) is 0 Å². The molecule has 0 spiro atoms. The van der Waals surface area contributed by atoms with Gasteiger partial charge in [-0.05, 0) is 48.7 Å². The minimum Gasteiger partial charge on any atom is -0.464 e. The third-order valence-electron chi connectivity index (χ3n) is 5.08. The molecule has 0 radical (unpaired) electrons. The molecule has 3 aromatic rings. The molecular weight excluding hydrogens is 473 g/mol. The number of hydrogen-bond acceptors (Lipinski definition) is 3. The molecule has 0 saturated carbocycles. The van der Waals surface area contributed by atoms with Crippen LogP contribution in [0.25, 0.3) is 0 Å². The summed E-state index contributed by atoms with van der Waals surface area (Å²) < 4.78 is 5.71. The molecule has 34 heavy (non-hydrogen) atoms. The molecule has 2 aromatic carbocycles. The normalized spacial score (nSPS) is 10.9. The minimum absolute atomic E-state index is 0.0816. The highest BCUT2D eigenvalue weighted by Crippen LogP contribution is 2.25. The van der Waals surface area contributed by atoms with E-state index in [0.29, 0.717) is 41.1 Å². The molecule has 0 unspecified atom stereocenters. The number of anilines is 1. The Kier molecular flexibility index (Phi) is 9.02. The summed E-state index contributed by atoms with van der Waals surface area (Å²) in [4.78, 5) is 29.7. The van der Waals surface area contributed by atoms with Crippen molar-refractivity contribution in [3.63, 3.8) is 0 Å². The van der Waals surface area contributed by atoms with Crippen LogP contribution in [0.5, 0.6) is 0 Å². The van der Waals surface area contributed by atoms with Crippen LogP contribution in [0, 0.1) is 12.8 Å². The Morgan fingerprint density at radius 1 is 0.971 bits per heavy atom. The van der Waals surface area contributed by atoms with Crippen molar-refractivity contribution in [1.29, 1.82) is 0 Å². The number of benzene rings is 2. The van der Waals surface area contributed by atoms with Crippen molar-refractivity contribution in [1.82, 2.24) is 9.80 Å². The van der Waals surface area contributed by atoms with Crippen LogP contribution in [-0.4, -0.2) is 34.8 Å². The van der Waals surface area contributed by atoms with Crippen LogP contribution in [0.1, 0.15) is 30.9 Å². The predicted molar refractivity (Wildman–Crippen MR) is 136 cm³/mol. The molecular formula is C26H29Cl2N3O3. The number of amides is 3. The summed E-state index contributed by atoms with van der Waals surface area (Å²) in [5, 5.41) is 3.60. The summed E-state index contributed by atoms with van der Waals surface area (Å²) in [7, 11) is 0. The lowest BCUT2D eigenvalue weighted by Crippen LogP contribution is -2.45. The number of nitrogens with one attached hydrogen (secondary N) is 1. The van der Waals surface area contributed by atoms with E-state index in [0.717, 1.165) is 11.3 Å². The van der Waals surface area contributed by atoms with Gasteiger partial charge in [-0.3, -0.25) is 4.79 Å². The lowest BCUT2D eigenvalue weighted by Gasteiger charge is -2.28. The van der Waals surface area contributed by atoms with Gasteiger partial charge in [0, 0.05) is 18.1 Å². The van der Waals surface area contributed by atoms with Gasteiger partial charge in [-0.15, -0.1) is 0 Å². The molecule has 1 heterocycles. The zero-order valence-electron chi connectivity index (χ0n) is 19.6. The first-order valence-corrected chi connectivity index (χ1v) is 11.8. The van der Waals surface area contributed by atoms with E-state index in [1.807, 2.05) is 63.2 Å². The Hall–Kier alpha value is -2.96. The molecule has 0 aliphatic heterocycles. The lowest BCUT2D eigenvalue weighted by molar-refractivity contribution is -0.133. The number of furan rings is 1. The molecule has 0 atom stereocenters. The fourth-order valence-electron chi connectivity index (χ4n) is 3.50. The number of rotatable bonds is 9. The van der Waals surface area contributed by atoms with Gasteiger partial charge in [0.05, 0.1) is 17.3 Å². The van der Waals surface area contributed by atoms with Crippen LogP contribution in [-0.2, 0) is 17.9 Å². The van der Waals surface area contributed by atoms with E-state index in [1.54, 1.807) is 23.1 Å². The van der Waals surface area contributed by atoms with Crippen molar-refractivity contribution in [2.75, 3.05) is 18.4 Å². The van der Waals surface area contributed by atoms with Crippen LogP contribution >= 0.6 is 23.2 Å². The standard InChI is InChI=1S/C26H29Cl2N3O3/c1-18(2)14-31(26(33)29-24-12-10-21(27)13-23(24)28)17-25(32)30(15-20-7-5-4-6-8-20)16-22-11-9-19(3)34-22/h4-13,18H,14-17H2,1-3H3,(H,29,33). The third-order valence-corrected chi connectivity index (χ3v) is 5.63. The first-order chi connectivity index (χ1) is 16.2. The fourth-order valence-corrected chi connectivity index (χ4v) is 3.96. The fraction of sp³-hybridized carbons (Fsp3) is 0.308. The molecule has 180 valence electrons. The zero-order chi connectivity index (χ0) is 24.7. The van der Waals surface area contributed by atoms with Crippen LogP contribution in [0.4, 0.5) is 10.5 Å². The van der Waals surface area contributed by atoms with Gasteiger partial charge in [0.1, 0.15) is 18.1 Å². The third kappa shape index (κ3) is 7.54. The largest absolute Gasteiger partial charge is 0.464 e. The Morgan fingerprint density at radius 3 is 2.32 bits per heavy atom. The van der Waals surface area contributed by atoms with Crippen LogP contribution in [0.2, 0.25) is 10.0 Å². The van der Waals surface area contributed by atoms with Gasteiger partial charge in [0.15, 0.2) is 0 Å². The van der Waals surface area contributed by atoms with Gasteiger partial charge in [0.25, 0.3) is 0 Å². The van der Waals surface area contributed by atoms with Crippen molar-refractivity contribution in [2.45, 2.75) is 33.9 Å². The highest BCUT2D eigenvalue weighted by atomic mass is 35.5. The highest BCUT2D eigenvalue weighted by molar-refractivity contribution is 6.36. The van der Waals surface area contributed by atoms with Crippen molar-refractivity contribution < 1.29 is 14.0 Å². The van der Waals surface area contributed by atoms with E-state index in [2.05, 4.69) is 5.32 Å². The maximum Gasteiger partial charge on any atom is 0.322 e. The predicted octanol–water partition coefficient (Wildman–Crippen LogP) is 6.61. The zero-order valence-corrected chi connectivity index (χ0v) is 21.1. The number of aryl methyl sites for hydroxylation is 1. The SMILES string of the molecule is Cc1ccc(CN(Cc2ccccc2)C(=O)CN(CC(C)C)C(=O)Nc2ccc(Cl)cc2Cl)o1. The maximum absolute atomic E-state index is 13.4. The summed E-state index contributed by atoms with van der Waals surface area (Å²) in [6.07, 6.45) is 0. The summed E-state index contributed by atoms with van der Waals surface area (Å²) in [5.74, 6) is 1.45. The Morgan fingerprint density at radius 2 is 1.71 bits per heavy atom. The van der Waals surface area contributed by atoms with Gasteiger partial charge in [-0.25, -0.2) is 4.79 Å². The maximum atomic E-state index is 13.4. The second-order valence-electron chi connectivity index (χ2n) is 8.58. The van der Waals surface area contributed by atoms with E-state index in [4.69, 9.17) is 27.6 Å². The van der Waals surface area contributed by atoms with E-state index in [-0.39, 0.29) is 18.4 Å². The number of halogens is 2. The van der Waals surface area contributed by atoms with Gasteiger partial charge >= 0.3 is 6.03 Å². The van der Waals surface area contributed by atoms with E-state index >= 15 is 0 Å². The quantitative estimate of drug-likeness (QED) is 0.358. The Balaban J connectivity index is 1.78. The molecule has 3 amide bonds. The summed E-state index contributed by atoms with van der Waals surface area (Å²) >= 11 is 12.2. The lowest BCUT2D eigenvalue weighted by atomic mass is 10.2. The summed E-state index contributed by atoms with van der Waals surface area (Å²) in [6.45, 7) is 6.88. The second kappa shape index (κ2) is 12.0. The molecule has 3 rings (SSSR count). The van der Waals surface area contributed by atoms with Crippen molar-refractivity contribution in [3.05, 3.63) is 87.8 Å². The average Bonchev–Trinajstić information content (AvgIpc) is 3.19. The molecule has 8 heteroatoms. The topological polar surface area (TPSA) is 65.8 Å². The van der Waals surface area contributed by atoms with Gasteiger partial charge in [-0.1, -0.05) is 67.4 Å². The Bertz CT molecular complexity index is 1120. The Labute approximate surface area is 210 Å². The molecule has 0 fully saturated rings. The first-order valence-electron chi connectivity index (χ1n) is 11.1. The smallest absolute Gasteiger partial charge is 0.322 e. The minimum atomic E-state index is -0.403. The van der Waals surface area contributed by atoms with Gasteiger partial charge in [0.2, 0.25) is 5.91 Å². The molecule has 0 bridgehead atoms. The van der Waals surface area contributed by atoms with Crippen LogP contribution < -0.4 is 5.32 Å². The number of carbonyl (C=O) groups excluding carboxylic acids is 2. The van der Waals surface area contributed by atoms with Crippen molar-refractivity contribution >= 4 is 40.8 Å². The van der Waals surface area contributed by atoms with E-state index in [1.165, 1.54) is 4.90 Å². The first kappa shape index (κ1) is 25.7. The van der Waals surface area contributed by atoms with E-state index in [9.17, 15) is 9.59 Å². The number of hydrogen-bond donors (Lipinski definition) is 1. The monoisotopic (exact) mass is 501 g/mol. The van der Waals surface area contributed by atoms with Gasteiger partial charge in [-0.2, -0.15) is 0 Å². The highest BCUT2D eigenvalue weighted by Gasteiger charge is 2.24. The molecule has 0 aliphatic carbocycles. The van der Waals surface area contributed by atoms with Crippen molar-refractivity contribution in [2.24, 2.45) is 5.92 Å². The van der Waals surface area contributed by atoms with Crippen molar-refractivity contribution in [3.8, 4) is 0 Å². The average molecular weight is 502 g/mol. The number of carbonyl (C=O) groups is 2. The second-order valence-corrected chi connectivity index (χ2v) is 9.42. The number of nitrogens with zero attached hydrogens (tertiary/aromatic N) is 2. The van der Waals surface area contributed by atoms with E-state index < -0.39 is 6.03 Å². The molecule has 1 aromatic heterocycles. The summed E-state index contributed by atoms with van der Waals surface area (Å²) in [5.41, 5.74) is 1.43. The molecule has 6 nitrogen and oxygen atoms in total. The summed E-state index contributed by atoms with van der Waals surface area (Å²) in [6, 6.07) is 17.9.